The zero-order valence-corrected chi connectivity index (χ0v) is 12.2. The highest BCUT2D eigenvalue weighted by Crippen LogP contribution is 2.32. The van der Waals surface area contributed by atoms with Crippen molar-refractivity contribution in [3.05, 3.63) is 34.9 Å². The molecule has 0 aliphatic carbocycles. The fourth-order valence-corrected chi connectivity index (χ4v) is 2.16. The van der Waals surface area contributed by atoms with Crippen molar-refractivity contribution in [2.45, 2.75) is 26.2 Å². The van der Waals surface area contributed by atoms with Gasteiger partial charge in [0.1, 0.15) is 23.2 Å². The van der Waals surface area contributed by atoms with Gasteiger partial charge in [0, 0.05) is 18.0 Å². The SMILES string of the molecule is Cn1c(C(C)(C)C)nc(-c2ccc(Cl)c(F)c2)c1N. The number of hydrogen-bond acceptors (Lipinski definition) is 2. The molecular formula is C14H17ClFN3. The average molecular weight is 282 g/mol. The molecule has 0 atom stereocenters. The van der Waals surface area contributed by atoms with Crippen LogP contribution < -0.4 is 5.73 Å². The molecule has 1 heterocycles. The molecule has 0 spiro atoms. The summed E-state index contributed by atoms with van der Waals surface area (Å²) >= 11 is 5.69. The van der Waals surface area contributed by atoms with E-state index in [-0.39, 0.29) is 10.4 Å². The number of hydrogen-bond donors (Lipinski definition) is 1. The zero-order valence-electron chi connectivity index (χ0n) is 11.5. The van der Waals surface area contributed by atoms with Gasteiger partial charge in [-0.3, -0.25) is 0 Å². The normalized spacial score (nSPS) is 11.9. The van der Waals surface area contributed by atoms with Crippen LogP contribution in [0.15, 0.2) is 18.2 Å². The lowest BCUT2D eigenvalue weighted by atomic mass is 9.96. The Morgan fingerprint density at radius 2 is 1.95 bits per heavy atom. The topological polar surface area (TPSA) is 43.8 Å². The highest BCUT2D eigenvalue weighted by Gasteiger charge is 2.24. The zero-order chi connectivity index (χ0) is 14.4. The third kappa shape index (κ3) is 2.45. The molecule has 0 radical (unpaired) electrons. The molecule has 3 nitrogen and oxygen atoms in total. The molecule has 19 heavy (non-hydrogen) atoms. The van der Waals surface area contributed by atoms with Gasteiger partial charge in [-0.05, 0) is 12.1 Å². The molecular weight excluding hydrogens is 265 g/mol. The lowest BCUT2D eigenvalue weighted by molar-refractivity contribution is 0.524. The number of nitrogen functional groups attached to an aromatic ring is 1. The van der Waals surface area contributed by atoms with Gasteiger partial charge in [0.05, 0.1) is 5.02 Å². The van der Waals surface area contributed by atoms with Crippen LogP contribution in [-0.2, 0) is 12.5 Å². The van der Waals surface area contributed by atoms with Crippen molar-refractivity contribution >= 4 is 17.4 Å². The summed E-state index contributed by atoms with van der Waals surface area (Å²) in [4.78, 5) is 4.55. The molecule has 2 N–H and O–H groups in total. The van der Waals surface area contributed by atoms with E-state index in [4.69, 9.17) is 17.3 Å². The van der Waals surface area contributed by atoms with Crippen molar-refractivity contribution in [3.63, 3.8) is 0 Å². The van der Waals surface area contributed by atoms with Gasteiger partial charge in [0.15, 0.2) is 0 Å². The number of anilines is 1. The Hall–Kier alpha value is -1.55. The van der Waals surface area contributed by atoms with Crippen LogP contribution in [0, 0.1) is 5.82 Å². The Bertz CT molecular complexity index is 626. The van der Waals surface area contributed by atoms with Crippen molar-refractivity contribution in [3.8, 4) is 11.3 Å². The summed E-state index contributed by atoms with van der Waals surface area (Å²) in [6, 6.07) is 4.58. The minimum absolute atomic E-state index is 0.0919. The van der Waals surface area contributed by atoms with Crippen LogP contribution >= 0.6 is 11.6 Å². The smallest absolute Gasteiger partial charge is 0.142 e. The highest BCUT2D eigenvalue weighted by atomic mass is 35.5. The molecule has 0 unspecified atom stereocenters. The first kappa shape index (κ1) is 13.9. The second-order valence-electron chi connectivity index (χ2n) is 5.61. The Morgan fingerprint density at radius 3 is 2.42 bits per heavy atom. The van der Waals surface area contributed by atoms with E-state index in [1.54, 1.807) is 6.07 Å². The number of imidazole rings is 1. The van der Waals surface area contributed by atoms with Crippen molar-refractivity contribution in [2.24, 2.45) is 7.05 Å². The second kappa shape index (κ2) is 4.53. The van der Waals surface area contributed by atoms with Crippen molar-refractivity contribution in [1.82, 2.24) is 9.55 Å². The summed E-state index contributed by atoms with van der Waals surface area (Å²) in [5.74, 6) is 0.906. The number of benzene rings is 1. The van der Waals surface area contributed by atoms with Crippen molar-refractivity contribution in [2.75, 3.05) is 5.73 Å². The van der Waals surface area contributed by atoms with Crippen LogP contribution in [0.2, 0.25) is 5.02 Å². The summed E-state index contributed by atoms with van der Waals surface area (Å²) in [7, 11) is 1.86. The Labute approximate surface area is 117 Å². The lowest BCUT2D eigenvalue weighted by Gasteiger charge is -2.17. The van der Waals surface area contributed by atoms with E-state index in [0.717, 1.165) is 5.82 Å². The Kier molecular flexibility index (Phi) is 3.31. The van der Waals surface area contributed by atoms with E-state index in [0.29, 0.717) is 17.1 Å². The van der Waals surface area contributed by atoms with Gasteiger partial charge in [-0.1, -0.05) is 38.4 Å². The van der Waals surface area contributed by atoms with Gasteiger partial charge < -0.3 is 10.3 Å². The minimum Gasteiger partial charge on any atom is -0.383 e. The highest BCUT2D eigenvalue weighted by molar-refractivity contribution is 6.30. The van der Waals surface area contributed by atoms with Gasteiger partial charge in [-0.15, -0.1) is 0 Å². The van der Waals surface area contributed by atoms with Crippen LogP contribution in [0.25, 0.3) is 11.3 Å². The molecule has 0 bridgehead atoms. The van der Waals surface area contributed by atoms with Crippen LogP contribution in [0.1, 0.15) is 26.6 Å². The Morgan fingerprint density at radius 1 is 1.32 bits per heavy atom. The summed E-state index contributed by atoms with van der Waals surface area (Å²) < 4.78 is 15.4. The quantitative estimate of drug-likeness (QED) is 0.865. The number of halogens is 2. The van der Waals surface area contributed by atoms with E-state index in [1.807, 2.05) is 11.6 Å². The van der Waals surface area contributed by atoms with Gasteiger partial charge in [-0.2, -0.15) is 0 Å². The molecule has 5 heteroatoms. The Balaban J connectivity index is 2.60. The molecule has 102 valence electrons. The van der Waals surface area contributed by atoms with E-state index in [9.17, 15) is 4.39 Å². The van der Waals surface area contributed by atoms with Gasteiger partial charge in [0.2, 0.25) is 0 Å². The third-order valence-corrected chi connectivity index (χ3v) is 3.31. The molecule has 2 rings (SSSR count). The van der Waals surface area contributed by atoms with E-state index in [1.165, 1.54) is 12.1 Å². The maximum atomic E-state index is 13.5. The van der Waals surface area contributed by atoms with Gasteiger partial charge in [-0.25, -0.2) is 9.37 Å². The summed E-state index contributed by atoms with van der Waals surface area (Å²) in [5, 5.41) is 0.0919. The first-order valence-electron chi connectivity index (χ1n) is 6.00. The molecule has 0 saturated carbocycles. The third-order valence-electron chi connectivity index (χ3n) is 3.00. The van der Waals surface area contributed by atoms with Crippen LogP contribution in [0.5, 0.6) is 0 Å². The molecule has 0 saturated heterocycles. The second-order valence-corrected chi connectivity index (χ2v) is 6.01. The van der Waals surface area contributed by atoms with E-state index < -0.39 is 5.82 Å². The number of aromatic nitrogens is 2. The van der Waals surface area contributed by atoms with Crippen molar-refractivity contribution < 1.29 is 4.39 Å². The summed E-state index contributed by atoms with van der Waals surface area (Å²) in [6.07, 6.45) is 0. The molecule has 2 aromatic rings. The first-order valence-corrected chi connectivity index (χ1v) is 6.37. The van der Waals surface area contributed by atoms with Crippen LogP contribution in [-0.4, -0.2) is 9.55 Å². The van der Waals surface area contributed by atoms with Gasteiger partial charge in [0.25, 0.3) is 0 Å². The van der Waals surface area contributed by atoms with E-state index in [2.05, 4.69) is 25.8 Å². The molecule has 0 amide bonds. The summed E-state index contributed by atoms with van der Waals surface area (Å²) in [5.41, 5.74) is 7.15. The minimum atomic E-state index is -0.471. The predicted octanol–water partition coefficient (Wildman–Crippen LogP) is 3.76. The lowest BCUT2D eigenvalue weighted by Crippen LogP contribution is -2.17. The number of rotatable bonds is 1. The largest absolute Gasteiger partial charge is 0.383 e. The maximum absolute atomic E-state index is 13.5. The molecule has 0 fully saturated rings. The maximum Gasteiger partial charge on any atom is 0.142 e. The van der Waals surface area contributed by atoms with Crippen molar-refractivity contribution in [1.29, 1.82) is 0 Å². The fraction of sp³-hybridized carbons (Fsp3) is 0.357. The number of nitrogens with zero attached hydrogens (tertiary/aromatic N) is 2. The van der Waals surface area contributed by atoms with Crippen LogP contribution in [0.3, 0.4) is 0 Å². The fourth-order valence-electron chi connectivity index (χ4n) is 2.04. The molecule has 0 aliphatic rings. The molecule has 1 aromatic heterocycles. The standard InChI is InChI=1S/C14H17ClFN3/c1-14(2,3)13-18-11(12(17)19(13)4)8-5-6-9(15)10(16)7-8/h5-7H,17H2,1-4H3. The number of nitrogens with two attached hydrogens (primary N) is 1. The monoisotopic (exact) mass is 281 g/mol. The molecule has 1 aromatic carbocycles. The van der Waals surface area contributed by atoms with E-state index >= 15 is 0 Å². The van der Waals surface area contributed by atoms with Gasteiger partial charge >= 0.3 is 0 Å². The predicted molar refractivity (Wildman–Crippen MR) is 76.7 cm³/mol. The first-order chi connectivity index (χ1) is 8.71. The molecule has 0 aliphatic heterocycles. The summed E-state index contributed by atoms with van der Waals surface area (Å²) in [6.45, 7) is 6.17. The average Bonchev–Trinajstić information content (AvgIpc) is 2.60. The van der Waals surface area contributed by atoms with Crippen LogP contribution in [0.4, 0.5) is 10.2 Å².